The van der Waals surface area contributed by atoms with Crippen molar-refractivity contribution in [1.82, 2.24) is 10.3 Å². The molecule has 1 fully saturated rings. The normalized spacial score (nSPS) is 16.1. The Bertz CT molecular complexity index is 599. The molecular formula is C16H21N3O3. The van der Waals surface area contributed by atoms with E-state index in [1.165, 1.54) is 7.11 Å². The first-order valence-corrected chi connectivity index (χ1v) is 7.62. The van der Waals surface area contributed by atoms with Gasteiger partial charge in [0.25, 0.3) is 6.01 Å². The van der Waals surface area contributed by atoms with Crippen LogP contribution in [0.5, 0.6) is 0 Å². The van der Waals surface area contributed by atoms with Gasteiger partial charge in [0.15, 0.2) is 5.58 Å². The number of hydrogen-bond acceptors (Lipinski definition) is 5. The highest BCUT2D eigenvalue weighted by Crippen LogP contribution is 2.25. The van der Waals surface area contributed by atoms with Crippen LogP contribution in [0.4, 0.5) is 6.01 Å². The van der Waals surface area contributed by atoms with Gasteiger partial charge in [-0.3, -0.25) is 4.79 Å². The van der Waals surface area contributed by atoms with E-state index in [9.17, 15) is 4.79 Å². The van der Waals surface area contributed by atoms with Crippen molar-refractivity contribution in [2.75, 3.05) is 38.3 Å². The number of nitrogens with zero attached hydrogens (tertiary/aromatic N) is 2. The van der Waals surface area contributed by atoms with Gasteiger partial charge < -0.3 is 19.4 Å². The molecule has 118 valence electrons. The van der Waals surface area contributed by atoms with Gasteiger partial charge in [-0.2, -0.15) is 4.98 Å². The number of piperidine rings is 1. The molecule has 2 aromatic rings. The molecule has 1 aromatic carbocycles. The lowest BCUT2D eigenvalue weighted by Gasteiger charge is -2.30. The summed E-state index contributed by atoms with van der Waals surface area (Å²) in [4.78, 5) is 18.1. The largest absolute Gasteiger partial charge is 0.423 e. The highest BCUT2D eigenvalue weighted by molar-refractivity contribution is 5.77. The van der Waals surface area contributed by atoms with Gasteiger partial charge in [-0.25, -0.2) is 0 Å². The molecule has 0 radical (unpaired) electrons. The quantitative estimate of drug-likeness (QED) is 0.912. The molecule has 1 amide bonds. The summed E-state index contributed by atoms with van der Waals surface area (Å²) in [5, 5.41) is 2.91. The number of carbonyl (C=O) groups is 1. The number of amides is 1. The molecule has 0 saturated carbocycles. The monoisotopic (exact) mass is 303 g/mol. The molecule has 0 unspecified atom stereocenters. The molecule has 0 aliphatic carbocycles. The van der Waals surface area contributed by atoms with Crippen LogP contribution in [-0.4, -0.2) is 44.2 Å². The van der Waals surface area contributed by atoms with Crippen molar-refractivity contribution in [3.63, 3.8) is 0 Å². The molecular weight excluding hydrogens is 282 g/mol. The minimum Gasteiger partial charge on any atom is -0.423 e. The van der Waals surface area contributed by atoms with E-state index in [4.69, 9.17) is 9.15 Å². The van der Waals surface area contributed by atoms with Crippen molar-refractivity contribution in [3.8, 4) is 0 Å². The first-order valence-electron chi connectivity index (χ1n) is 7.62. The number of carbonyl (C=O) groups excluding carboxylic acids is 1. The van der Waals surface area contributed by atoms with Gasteiger partial charge in [0, 0.05) is 26.7 Å². The summed E-state index contributed by atoms with van der Waals surface area (Å²) in [7, 11) is 1.53. The molecule has 0 bridgehead atoms. The standard InChI is InChI=1S/C16H21N3O3/c1-21-11-15(20)17-10-12-6-8-19(9-7-12)16-18-13-4-2-3-5-14(13)22-16/h2-5,12H,6-11H2,1H3,(H,17,20). The van der Waals surface area contributed by atoms with Crippen LogP contribution < -0.4 is 10.2 Å². The minimum atomic E-state index is -0.0520. The fraction of sp³-hybridized carbons (Fsp3) is 0.500. The number of anilines is 1. The van der Waals surface area contributed by atoms with Crippen LogP contribution in [0.3, 0.4) is 0 Å². The number of oxazole rings is 1. The van der Waals surface area contributed by atoms with Gasteiger partial charge in [0.1, 0.15) is 12.1 Å². The molecule has 6 heteroatoms. The van der Waals surface area contributed by atoms with Gasteiger partial charge in [0.05, 0.1) is 0 Å². The Balaban J connectivity index is 1.52. The number of fused-ring (bicyclic) bond motifs is 1. The van der Waals surface area contributed by atoms with E-state index in [0.29, 0.717) is 18.5 Å². The van der Waals surface area contributed by atoms with Crippen molar-refractivity contribution in [1.29, 1.82) is 0 Å². The van der Waals surface area contributed by atoms with Crippen LogP contribution in [0.25, 0.3) is 11.1 Å². The fourth-order valence-corrected chi connectivity index (χ4v) is 2.76. The zero-order valence-electron chi connectivity index (χ0n) is 12.7. The lowest BCUT2D eigenvalue weighted by atomic mass is 9.97. The average molecular weight is 303 g/mol. The third kappa shape index (κ3) is 3.39. The molecule has 3 rings (SSSR count). The van der Waals surface area contributed by atoms with E-state index in [0.717, 1.165) is 37.0 Å². The molecule has 1 N–H and O–H groups in total. The van der Waals surface area contributed by atoms with E-state index in [1.54, 1.807) is 0 Å². The SMILES string of the molecule is COCC(=O)NCC1CCN(c2nc3ccccc3o2)CC1. The topological polar surface area (TPSA) is 67.6 Å². The summed E-state index contributed by atoms with van der Waals surface area (Å²) in [5.74, 6) is 0.449. The van der Waals surface area contributed by atoms with Crippen molar-refractivity contribution in [3.05, 3.63) is 24.3 Å². The number of hydrogen-bond donors (Lipinski definition) is 1. The molecule has 1 aliphatic heterocycles. The molecule has 2 heterocycles. The second kappa shape index (κ2) is 6.79. The van der Waals surface area contributed by atoms with Gasteiger partial charge in [-0.15, -0.1) is 0 Å². The minimum absolute atomic E-state index is 0.0520. The Kier molecular flexibility index (Phi) is 4.58. The van der Waals surface area contributed by atoms with E-state index >= 15 is 0 Å². The summed E-state index contributed by atoms with van der Waals surface area (Å²) in [6, 6.07) is 8.50. The first kappa shape index (κ1) is 14.8. The molecule has 1 aliphatic rings. The molecule has 0 atom stereocenters. The number of methoxy groups -OCH3 is 1. The van der Waals surface area contributed by atoms with Crippen LogP contribution in [0.2, 0.25) is 0 Å². The molecule has 1 aromatic heterocycles. The van der Waals surface area contributed by atoms with Gasteiger partial charge in [0.2, 0.25) is 5.91 Å². The van der Waals surface area contributed by atoms with Gasteiger partial charge >= 0.3 is 0 Å². The Hall–Kier alpha value is -2.08. The summed E-state index contributed by atoms with van der Waals surface area (Å²) in [6.07, 6.45) is 2.04. The van der Waals surface area contributed by atoms with E-state index in [2.05, 4.69) is 15.2 Å². The number of nitrogens with one attached hydrogen (secondary N) is 1. The second-order valence-electron chi connectivity index (χ2n) is 5.63. The van der Waals surface area contributed by atoms with E-state index < -0.39 is 0 Å². The third-order valence-corrected chi connectivity index (χ3v) is 4.03. The van der Waals surface area contributed by atoms with Gasteiger partial charge in [-0.05, 0) is 30.9 Å². The van der Waals surface area contributed by atoms with Crippen molar-refractivity contribution >= 4 is 23.0 Å². The highest BCUT2D eigenvalue weighted by Gasteiger charge is 2.22. The smallest absolute Gasteiger partial charge is 0.298 e. The predicted molar refractivity (Wildman–Crippen MR) is 83.8 cm³/mol. The summed E-state index contributed by atoms with van der Waals surface area (Å²) >= 11 is 0. The second-order valence-corrected chi connectivity index (χ2v) is 5.63. The Morgan fingerprint density at radius 2 is 2.18 bits per heavy atom. The Morgan fingerprint density at radius 3 is 2.91 bits per heavy atom. The number of para-hydroxylation sites is 2. The maximum absolute atomic E-state index is 11.4. The van der Waals surface area contributed by atoms with Crippen molar-refractivity contribution in [2.24, 2.45) is 5.92 Å². The molecule has 22 heavy (non-hydrogen) atoms. The molecule has 6 nitrogen and oxygen atoms in total. The Morgan fingerprint density at radius 1 is 1.41 bits per heavy atom. The third-order valence-electron chi connectivity index (χ3n) is 4.03. The lowest BCUT2D eigenvalue weighted by molar-refractivity contribution is -0.124. The maximum Gasteiger partial charge on any atom is 0.298 e. The average Bonchev–Trinajstić information content (AvgIpc) is 2.98. The van der Waals surface area contributed by atoms with Crippen LogP contribution in [0.15, 0.2) is 28.7 Å². The van der Waals surface area contributed by atoms with Crippen molar-refractivity contribution in [2.45, 2.75) is 12.8 Å². The zero-order valence-corrected chi connectivity index (χ0v) is 12.7. The fourth-order valence-electron chi connectivity index (χ4n) is 2.76. The number of ether oxygens (including phenoxy) is 1. The number of rotatable bonds is 5. The number of aromatic nitrogens is 1. The zero-order chi connectivity index (χ0) is 15.4. The van der Waals surface area contributed by atoms with E-state index in [-0.39, 0.29) is 12.5 Å². The maximum atomic E-state index is 11.4. The Labute approximate surface area is 129 Å². The van der Waals surface area contributed by atoms with Gasteiger partial charge in [-0.1, -0.05) is 12.1 Å². The van der Waals surface area contributed by atoms with E-state index in [1.807, 2.05) is 24.3 Å². The molecule has 0 spiro atoms. The number of benzene rings is 1. The van der Waals surface area contributed by atoms with Crippen LogP contribution in [0, 0.1) is 5.92 Å². The summed E-state index contributed by atoms with van der Waals surface area (Å²) in [6.45, 7) is 2.64. The highest BCUT2D eigenvalue weighted by atomic mass is 16.5. The van der Waals surface area contributed by atoms with Crippen LogP contribution in [-0.2, 0) is 9.53 Å². The summed E-state index contributed by atoms with van der Waals surface area (Å²) in [5.41, 5.74) is 1.72. The summed E-state index contributed by atoms with van der Waals surface area (Å²) < 4.78 is 10.6. The molecule has 1 saturated heterocycles. The first-order chi connectivity index (χ1) is 10.8. The van der Waals surface area contributed by atoms with Crippen molar-refractivity contribution < 1.29 is 13.9 Å². The lowest BCUT2D eigenvalue weighted by Crippen LogP contribution is -2.39. The van der Waals surface area contributed by atoms with Crippen LogP contribution >= 0.6 is 0 Å². The van der Waals surface area contributed by atoms with Crippen LogP contribution in [0.1, 0.15) is 12.8 Å². The predicted octanol–water partition coefficient (Wildman–Crippen LogP) is 1.81.